The van der Waals surface area contributed by atoms with E-state index in [1.165, 1.54) is 41.5 Å². The molecule has 108 valence electrons. The van der Waals surface area contributed by atoms with Crippen LogP contribution in [0.4, 0.5) is 5.13 Å². The van der Waals surface area contributed by atoms with Crippen molar-refractivity contribution in [1.82, 2.24) is 10.3 Å². The summed E-state index contributed by atoms with van der Waals surface area (Å²) in [6.07, 6.45) is 4.22. The van der Waals surface area contributed by atoms with Crippen molar-refractivity contribution in [3.8, 4) is 0 Å². The van der Waals surface area contributed by atoms with E-state index in [9.17, 15) is 0 Å². The highest BCUT2D eigenvalue weighted by Gasteiger charge is 2.21. The maximum atomic E-state index is 4.72. The molecule has 4 heteroatoms. The van der Waals surface area contributed by atoms with Crippen LogP contribution in [0.5, 0.6) is 0 Å². The van der Waals surface area contributed by atoms with Crippen molar-refractivity contribution in [3.63, 3.8) is 0 Å². The molecule has 0 saturated heterocycles. The maximum absolute atomic E-state index is 4.72. The van der Waals surface area contributed by atoms with Crippen LogP contribution < -0.4 is 10.2 Å². The molecule has 1 aliphatic carbocycles. The van der Waals surface area contributed by atoms with Gasteiger partial charge in [0.05, 0.1) is 5.69 Å². The second-order valence-electron chi connectivity index (χ2n) is 6.21. The van der Waals surface area contributed by atoms with E-state index in [0.29, 0.717) is 5.92 Å². The van der Waals surface area contributed by atoms with Crippen LogP contribution in [-0.4, -0.2) is 25.1 Å². The van der Waals surface area contributed by atoms with Crippen molar-refractivity contribution >= 4 is 16.5 Å². The van der Waals surface area contributed by atoms with Gasteiger partial charge in [-0.05, 0) is 38.1 Å². The van der Waals surface area contributed by atoms with E-state index in [2.05, 4.69) is 38.0 Å². The first-order chi connectivity index (χ1) is 9.06. The van der Waals surface area contributed by atoms with Gasteiger partial charge in [-0.25, -0.2) is 4.98 Å². The summed E-state index contributed by atoms with van der Waals surface area (Å²) in [7, 11) is 2.18. The van der Waals surface area contributed by atoms with E-state index in [1.807, 2.05) is 11.3 Å². The summed E-state index contributed by atoms with van der Waals surface area (Å²) in [5, 5.41) is 4.70. The molecule has 3 nitrogen and oxygen atoms in total. The quantitative estimate of drug-likeness (QED) is 0.830. The Hall–Kier alpha value is -0.610. The molecule has 0 atom stereocenters. The molecule has 0 spiro atoms. The van der Waals surface area contributed by atoms with Crippen LogP contribution in [0.1, 0.15) is 43.7 Å². The molecule has 2 rings (SSSR count). The molecule has 0 unspecified atom stereocenters. The third-order valence-corrected chi connectivity index (χ3v) is 5.07. The van der Waals surface area contributed by atoms with E-state index < -0.39 is 0 Å². The predicted octanol–water partition coefficient (Wildman–Crippen LogP) is 3.43. The summed E-state index contributed by atoms with van der Waals surface area (Å²) < 4.78 is 0. The van der Waals surface area contributed by atoms with E-state index in [-0.39, 0.29) is 0 Å². The van der Waals surface area contributed by atoms with Crippen molar-refractivity contribution in [3.05, 3.63) is 10.6 Å². The number of hydrogen-bond donors (Lipinski definition) is 1. The second kappa shape index (κ2) is 6.71. The number of thiazole rings is 1. The van der Waals surface area contributed by atoms with Gasteiger partial charge in [-0.1, -0.05) is 20.3 Å². The lowest BCUT2D eigenvalue weighted by Crippen LogP contribution is -2.29. The summed E-state index contributed by atoms with van der Waals surface area (Å²) in [6.45, 7) is 9.81. The van der Waals surface area contributed by atoms with E-state index in [4.69, 9.17) is 4.98 Å². The standard InChI is InChI=1S/C15H27N3S/c1-11(2)8-16-9-14-12(3)17-15(19-14)18(4)10-13-6-5-7-13/h11,13,16H,5-10H2,1-4H3. The molecule has 1 heterocycles. The van der Waals surface area contributed by atoms with Crippen LogP contribution in [0, 0.1) is 18.8 Å². The fourth-order valence-electron chi connectivity index (χ4n) is 2.36. The molecule has 19 heavy (non-hydrogen) atoms. The lowest BCUT2D eigenvalue weighted by molar-refractivity contribution is 0.321. The number of rotatable bonds is 7. The second-order valence-corrected chi connectivity index (χ2v) is 7.27. The molecular formula is C15H27N3S. The molecule has 1 fully saturated rings. The minimum atomic E-state index is 0.703. The van der Waals surface area contributed by atoms with Crippen LogP contribution in [0.3, 0.4) is 0 Å². The lowest BCUT2D eigenvalue weighted by atomic mass is 9.85. The molecule has 0 aromatic carbocycles. The molecule has 0 aliphatic heterocycles. The molecule has 1 saturated carbocycles. The fraction of sp³-hybridized carbons (Fsp3) is 0.800. The Bertz CT molecular complexity index is 396. The number of anilines is 1. The Morgan fingerprint density at radius 1 is 1.42 bits per heavy atom. The SMILES string of the molecule is Cc1nc(N(C)CC2CCC2)sc1CNCC(C)C. The molecule has 0 amide bonds. The van der Waals surface area contributed by atoms with Crippen LogP contribution >= 0.6 is 11.3 Å². The molecule has 1 aliphatic rings. The highest BCUT2D eigenvalue weighted by Crippen LogP contribution is 2.30. The zero-order chi connectivity index (χ0) is 13.8. The lowest BCUT2D eigenvalue weighted by Gasteiger charge is -2.29. The maximum Gasteiger partial charge on any atom is 0.185 e. The third-order valence-electron chi connectivity index (χ3n) is 3.80. The Morgan fingerprint density at radius 3 is 2.74 bits per heavy atom. The normalized spacial score (nSPS) is 15.8. The van der Waals surface area contributed by atoms with Gasteiger partial charge in [0.2, 0.25) is 0 Å². The number of nitrogens with zero attached hydrogens (tertiary/aromatic N) is 2. The summed E-state index contributed by atoms with van der Waals surface area (Å²) in [5.74, 6) is 1.60. The van der Waals surface area contributed by atoms with Crippen molar-refractivity contribution in [2.24, 2.45) is 11.8 Å². The van der Waals surface area contributed by atoms with Gasteiger partial charge in [0.25, 0.3) is 0 Å². The average molecular weight is 281 g/mol. The summed E-state index contributed by atoms with van der Waals surface area (Å²) in [4.78, 5) is 8.45. The van der Waals surface area contributed by atoms with Gasteiger partial charge in [0.15, 0.2) is 5.13 Å². The smallest absolute Gasteiger partial charge is 0.185 e. The van der Waals surface area contributed by atoms with Gasteiger partial charge in [-0.3, -0.25) is 0 Å². The van der Waals surface area contributed by atoms with Crippen molar-refractivity contribution in [1.29, 1.82) is 0 Å². The summed E-state index contributed by atoms with van der Waals surface area (Å²) >= 11 is 1.85. The van der Waals surface area contributed by atoms with E-state index >= 15 is 0 Å². The average Bonchev–Trinajstić information content (AvgIpc) is 2.65. The van der Waals surface area contributed by atoms with Crippen LogP contribution in [-0.2, 0) is 6.54 Å². The monoisotopic (exact) mass is 281 g/mol. The number of aromatic nitrogens is 1. The number of hydrogen-bond acceptors (Lipinski definition) is 4. The zero-order valence-electron chi connectivity index (χ0n) is 12.7. The first kappa shape index (κ1) is 14.8. The predicted molar refractivity (Wildman–Crippen MR) is 84.0 cm³/mol. The Morgan fingerprint density at radius 2 is 2.16 bits per heavy atom. The van der Waals surface area contributed by atoms with Gasteiger partial charge >= 0.3 is 0 Å². The number of nitrogens with one attached hydrogen (secondary N) is 1. The Kier molecular flexibility index (Phi) is 5.22. The minimum absolute atomic E-state index is 0.703. The fourth-order valence-corrected chi connectivity index (χ4v) is 3.36. The zero-order valence-corrected chi connectivity index (χ0v) is 13.5. The molecule has 1 aromatic heterocycles. The first-order valence-corrected chi connectivity index (χ1v) is 8.26. The van der Waals surface area contributed by atoms with E-state index in [0.717, 1.165) is 19.0 Å². The van der Waals surface area contributed by atoms with Crippen molar-refractivity contribution < 1.29 is 0 Å². The van der Waals surface area contributed by atoms with Gasteiger partial charge in [0.1, 0.15) is 0 Å². The van der Waals surface area contributed by atoms with Crippen molar-refractivity contribution in [2.45, 2.75) is 46.6 Å². The molecule has 0 bridgehead atoms. The van der Waals surface area contributed by atoms with Crippen LogP contribution in [0.15, 0.2) is 0 Å². The third kappa shape index (κ3) is 4.18. The molecule has 1 aromatic rings. The Balaban J connectivity index is 1.87. The van der Waals surface area contributed by atoms with Crippen LogP contribution in [0.2, 0.25) is 0 Å². The molecule has 1 N–H and O–H groups in total. The summed E-state index contributed by atoms with van der Waals surface area (Å²) in [6, 6.07) is 0. The topological polar surface area (TPSA) is 28.2 Å². The first-order valence-electron chi connectivity index (χ1n) is 7.44. The largest absolute Gasteiger partial charge is 0.351 e. The highest BCUT2D eigenvalue weighted by atomic mass is 32.1. The van der Waals surface area contributed by atoms with Gasteiger partial charge in [-0.2, -0.15) is 0 Å². The number of aryl methyl sites for hydroxylation is 1. The molecule has 0 radical (unpaired) electrons. The minimum Gasteiger partial charge on any atom is -0.351 e. The van der Waals surface area contributed by atoms with Crippen molar-refractivity contribution in [2.75, 3.05) is 25.0 Å². The van der Waals surface area contributed by atoms with Crippen LogP contribution in [0.25, 0.3) is 0 Å². The summed E-state index contributed by atoms with van der Waals surface area (Å²) in [5.41, 5.74) is 1.19. The van der Waals surface area contributed by atoms with Gasteiger partial charge in [0, 0.05) is 25.0 Å². The van der Waals surface area contributed by atoms with E-state index in [1.54, 1.807) is 0 Å². The molecular weight excluding hydrogens is 254 g/mol. The van der Waals surface area contributed by atoms with Gasteiger partial charge in [-0.15, -0.1) is 11.3 Å². The highest BCUT2D eigenvalue weighted by molar-refractivity contribution is 7.15. The van der Waals surface area contributed by atoms with Gasteiger partial charge < -0.3 is 10.2 Å². The Labute approximate surface area is 121 Å².